The Morgan fingerprint density at radius 2 is 2.09 bits per heavy atom. The molecule has 1 aliphatic rings. The van der Waals surface area contributed by atoms with Gasteiger partial charge in [0.05, 0.1) is 12.0 Å². The number of carbonyl (C=O) groups excluding carboxylic acids is 1. The van der Waals surface area contributed by atoms with E-state index >= 15 is 0 Å². The first-order valence-corrected chi connectivity index (χ1v) is 7.47. The molecule has 0 aromatic heterocycles. The number of hydrogen-bond acceptors (Lipinski definition) is 2. The van der Waals surface area contributed by atoms with Crippen LogP contribution in [0.1, 0.15) is 30.9 Å². The van der Waals surface area contributed by atoms with Crippen molar-refractivity contribution in [3.05, 3.63) is 35.4 Å². The van der Waals surface area contributed by atoms with E-state index in [1.807, 2.05) is 6.92 Å². The van der Waals surface area contributed by atoms with Crippen molar-refractivity contribution in [3.8, 4) is 0 Å². The van der Waals surface area contributed by atoms with Crippen LogP contribution in [0, 0.1) is 5.92 Å². The molecule has 0 aliphatic carbocycles. The maximum absolute atomic E-state index is 13.0. The van der Waals surface area contributed by atoms with Gasteiger partial charge in [-0.05, 0) is 37.3 Å². The highest BCUT2D eigenvalue weighted by Gasteiger charge is 2.34. The van der Waals surface area contributed by atoms with E-state index in [9.17, 15) is 18.0 Å². The van der Waals surface area contributed by atoms with Crippen LogP contribution in [-0.4, -0.2) is 29.9 Å². The van der Waals surface area contributed by atoms with Crippen LogP contribution in [0.3, 0.4) is 0 Å². The van der Waals surface area contributed by atoms with E-state index < -0.39 is 11.7 Å². The molecule has 0 radical (unpaired) electrons. The summed E-state index contributed by atoms with van der Waals surface area (Å²) in [5, 5.41) is 0. The van der Waals surface area contributed by atoms with Gasteiger partial charge in [0.2, 0.25) is 5.91 Å². The molecule has 1 aromatic rings. The third-order valence-corrected chi connectivity index (χ3v) is 4.22. The topological polar surface area (TPSA) is 46.3 Å². The first kappa shape index (κ1) is 16.8. The third kappa shape index (κ3) is 4.00. The summed E-state index contributed by atoms with van der Waals surface area (Å²) >= 11 is 0. The van der Waals surface area contributed by atoms with E-state index in [1.165, 1.54) is 18.2 Å². The van der Waals surface area contributed by atoms with Gasteiger partial charge in [0.15, 0.2) is 0 Å². The second kappa shape index (κ2) is 6.69. The van der Waals surface area contributed by atoms with Crippen molar-refractivity contribution in [2.75, 3.05) is 13.1 Å². The second-order valence-electron chi connectivity index (χ2n) is 5.93. The Hall–Kier alpha value is -1.56. The molecule has 2 N–H and O–H groups in total. The zero-order chi connectivity index (χ0) is 16.3. The largest absolute Gasteiger partial charge is 0.416 e. The van der Waals surface area contributed by atoms with Gasteiger partial charge in [0.1, 0.15) is 0 Å². The van der Waals surface area contributed by atoms with Crippen molar-refractivity contribution in [3.63, 3.8) is 0 Å². The summed E-state index contributed by atoms with van der Waals surface area (Å²) in [5.41, 5.74) is 5.17. The highest BCUT2D eigenvalue weighted by atomic mass is 19.4. The number of alkyl halides is 3. The quantitative estimate of drug-likeness (QED) is 0.932. The van der Waals surface area contributed by atoms with Crippen LogP contribution in [-0.2, 0) is 17.4 Å². The number of benzene rings is 1. The van der Waals surface area contributed by atoms with Crippen molar-refractivity contribution >= 4 is 5.91 Å². The molecule has 0 saturated carbocycles. The van der Waals surface area contributed by atoms with Crippen LogP contribution in [0.5, 0.6) is 0 Å². The predicted molar refractivity (Wildman–Crippen MR) is 78.1 cm³/mol. The van der Waals surface area contributed by atoms with Crippen LogP contribution in [0.15, 0.2) is 24.3 Å². The summed E-state index contributed by atoms with van der Waals surface area (Å²) in [6, 6.07) is 5.23. The van der Waals surface area contributed by atoms with Gasteiger partial charge >= 0.3 is 6.18 Å². The Kier molecular flexibility index (Phi) is 5.11. The summed E-state index contributed by atoms with van der Waals surface area (Å²) in [6.45, 7) is 3.03. The van der Waals surface area contributed by atoms with Crippen molar-refractivity contribution in [1.82, 2.24) is 4.90 Å². The Bertz CT molecular complexity index is 528. The standard InChI is InChI=1S/C16H21F3N2O/c1-11(20)13-6-4-8-21(10-13)15(22)9-12-5-2-3-7-14(12)16(17,18)19/h2-3,5,7,11,13H,4,6,8-10,20H2,1H3/t11-,13+/m0/s1. The molecule has 0 spiro atoms. The van der Waals surface area contributed by atoms with Crippen molar-refractivity contribution in [2.45, 2.75) is 38.4 Å². The highest BCUT2D eigenvalue weighted by molar-refractivity contribution is 5.79. The Balaban J connectivity index is 2.09. The van der Waals surface area contributed by atoms with Gasteiger partial charge in [0.25, 0.3) is 0 Å². The minimum absolute atomic E-state index is 0.0157. The Labute approximate surface area is 128 Å². The molecule has 3 nitrogen and oxygen atoms in total. The molecular weight excluding hydrogens is 293 g/mol. The summed E-state index contributed by atoms with van der Waals surface area (Å²) in [6.07, 6.45) is -2.85. The van der Waals surface area contributed by atoms with Crippen molar-refractivity contribution in [2.24, 2.45) is 11.7 Å². The molecule has 1 amide bonds. The van der Waals surface area contributed by atoms with Crippen LogP contribution in [0.4, 0.5) is 13.2 Å². The molecule has 1 aliphatic heterocycles. The number of halogens is 3. The van der Waals surface area contributed by atoms with Gasteiger partial charge < -0.3 is 10.6 Å². The Morgan fingerprint density at radius 1 is 1.41 bits per heavy atom. The van der Waals surface area contributed by atoms with Gasteiger partial charge in [-0.15, -0.1) is 0 Å². The van der Waals surface area contributed by atoms with Crippen LogP contribution in [0.25, 0.3) is 0 Å². The number of rotatable bonds is 3. The molecule has 0 unspecified atom stereocenters. The van der Waals surface area contributed by atoms with Crippen LogP contribution < -0.4 is 5.73 Å². The van der Waals surface area contributed by atoms with E-state index in [4.69, 9.17) is 5.73 Å². The monoisotopic (exact) mass is 314 g/mol. The maximum Gasteiger partial charge on any atom is 0.416 e. The molecule has 1 saturated heterocycles. The average molecular weight is 314 g/mol. The normalized spacial score (nSPS) is 20.8. The van der Waals surface area contributed by atoms with Crippen molar-refractivity contribution < 1.29 is 18.0 Å². The number of nitrogens with two attached hydrogens (primary N) is 1. The zero-order valence-electron chi connectivity index (χ0n) is 12.6. The lowest BCUT2D eigenvalue weighted by molar-refractivity contribution is -0.139. The fourth-order valence-electron chi connectivity index (χ4n) is 2.89. The minimum atomic E-state index is -4.44. The molecule has 2 atom stereocenters. The summed E-state index contributed by atoms with van der Waals surface area (Å²) in [7, 11) is 0. The summed E-state index contributed by atoms with van der Waals surface area (Å²) in [4.78, 5) is 14.0. The molecule has 0 bridgehead atoms. The lowest BCUT2D eigenvalue weighted by Crippen LogP contribution is -2.45. The molecule has 22 heavy (non-hydrogen) atoms. The lowest BCUT2D eigenvalue weighted by atomic mass is 9.91. The fourth-order valence-corrected chi connectivity index (χ4v) is 2.89. The number of amides is 1. The maximum atomic E-state index is 13.0. The lowest BCUT2D eigenvalue weighted by Gasteiger charge is -2.34. The number of nitrogens with zero attached hydrogens (tertiary/aromatic N) is 1. The zero-order valence-corrected chi connectivity index (χ0v) is 12.6. The van der Waals surface area contributed by atoms with Gasteiger partial charge in [-0.1, -0.05) is 18.2 Å². The van der Waals surface area contributed by atoms with E-state index in [0.29, 0.717) is 13.1 Å². The molecule has 1 heterocycles. The van der Waals surface area contributed by atoms with Crippen molar-refractivity contribution in [1.29, 1.82) is 0 Å². The van der Waals surface area contributed by atoms with Gasteiger partial charge in [-0.25, -0.2) is 0 Å². The number of piperidine rings is 1. The van der Waals surface area contributed by atoms with E-state index in [0.717, 1.165) is 18.9 Å². The summed E-state index contributed by atoms with van der Waals surface area (Å²) < 4.78 is 38.9. The minimum Gasteiger partial charge on any atom is -0.342 e. The SMILES string of the molecule is C[C@H](N)[C@@H]1CCCN(C(=O)Cc2ccccc2C(F)(F)F)C1. The molecule has 1 fully saturated rings. The molecule has 2 rings (SSSR count). The molecule has 122 valence electrons. The van der Waals surface area contributed by atoms with Crippen LogP contribution in [0.2, 0.25) is 0 Å². The first-order chi connectivity index (χ1) is 10.3. The number of carbonyl (C=O) groups is 1. The highest BCUT2D eigenvalue weighted by Crippen LogP contribution is 2.32. The van der Waals surface area contributed by atoms with E-state index in [-0.39, 0.29) is 29.9 Å². The number of likely N-dealkylation sites (tertiary alicyclic amines) is 1. The van der Waals surface area contributed by atoms with Gasteiger partial charge in [0, 0.05) is 19.1 Å². The smallest absolute Gasteiger partial charge is 0.342 e. The van der Waals surface area contributed by atoms with E-state index in [1.54, 1.807) is 4.90 Å². The third-order valence-electron chi connectivity index (χ3n) is 4.22. The van der Waals surface area contributed by atoms with E-state index in [2.05, 4.69) is 0 Å². The number of hydrogen-bond donors (Lipinski definition) is 1. The summed E-state index contributed by atoms with van der Waals surface area (Å²) in [5.74, 6) is -0.0439. The Morgan fingerprint density at radius 3 is 2.73 bits per heavy atom. The first-order valence-electron chi connectivity index (χ1n) is 7.47. The van der Waals surface area contributed by atoms with Crippen LogP contribution >= 0.6 is 0 Å². The second-order valence-corrected chi connectivity index (χ2v) is 5.93. The average Bonchev–Trinajstić information content (AvgIpc) is 2.46. The molecular formula is C16H21F3N2O. The molecule has 6 heteroatoms. The van der Waals surface area contributed by atoms with Gasteiger partial charge in [-0.3, -0.25) is 4.79 Å². The van der Waals surface area contributed by atoms with Gasteiger partial charge in [-0.2, -0.15) is 13.2 Å². The molecule has 1 aromatic carbocycles. The predicted octanol–water partition coefficient (Wildman–Crippen LogP) is 2.83. The fraction of sp³-hybridized carbons (Fsp3) is 0.562.